The van der Waals surface area contributed by atoms with E-state index in [1.54, 1.807) is 0 Å². The van der Waals surface area contributed by atoms with E-state index in [2.05, 4.69) is 31.0 Å². The van der Waals surface area contributed by atoms with E-state index in [9.17, 15) is 0 Å². The highest BCUT2D eigenvalue weighted by atomic mass is 14.7. The zero-order chi connectivity index (χ0) is 11.3. The molecule has 0 fully saturated rings. The van der Waals surface area contributed by atoms with Gasteiger partial charge in [0.1, 0.15) is 0 Å². The Balaban J connectivity index is 2.50. The molecule has 0 aliphatic heterocycles. The molecule has 0 saturated heterocycles. The highest BCUT2D eigenvalue weighted by molar-refractivity contribution is 5.21. The second-order valence-corrected chi connectivity index (χ2v) is 4.42. The lowest BCUT2D eigenvalue weighted by molar-refractivity contribution is 0.499. The molecule has 2 heteroatoms. The summed E-state index contributed by atoms with van der Waals surface area (Å²) in [6, 6.07) is 4.29. The fourth-order valence-electron chi connectivity index (χ4n) is 1.81. The first-order chi connectivity index (χ1) is 7.13. The molecule has 0 saturated carbocycles. The third kappa shape index (κ3) is 4.00. The molecule has 1 rings (SSSR count). The van der Waals surface area contributed by atoms with Gasteiger partial charge in [0.15, 0.2) is 0 Å². The molecule has 1 aromatic rings. The molecular formula is C13H22N2. The summed E-state index contributed by atoms with van der Waals surface area (Å²) in [6.45, 7) is 7.19. The predicted octanol–water partition coefficient (Wildman–Crippen LogP) is 2.62. The third-order valence-electron chi connectivity index (χ3n) is 2.90. The van der Waals surface area contributed by atoms with Crippen LogP contribution in [0.15, 0.2) is 12.1 Å². The van der Waals surface area contributed by atoms with Gasteiger partial charge >= 0.3 is 0 Å². The zero-order valence-electron chi connectivity index (χ0n) is 10.1. The van der Waals surface area contributed by atoms with Crippen LogP contribution in [0.25, 0.3) is 0 Å². The smallest absolute Gasteiger partial charge is 0.0407 e. The Morgan fingerprint density at radius 3 is 2.60 bits per heavy atom. The van der Waals surface area contributed by atoms with Crippen molar-refractivity contribution in [3.05, 3.63) is 29.1 Å². The number of pyridine rings is 1. The minimum absolute atomic E-state index is 0.718. The number of hydrogen-bond donors (Lipinski definition) is 1. The Labute approximate surface area is 92.9 Å². The van der Waals surface area contributed by atoms with Crippen molar-refractivity contribution in [2.24, 2.45) is 11.7 Å². The van der Waals surface area contributed by atoms with E-state index in [4.69, 9.17) is 5.73 Å². The number of hydrogen-bond acceptors (Lipinski definition) is 2. The molecule has 1 heterocycles. The highest BCUT2D eigenvalue weighted by Crippen LogP contribution is 2.14. The minimum Gasteiger partial charge on any atom is -0.330 e. The summed E-state index contributed by atoms with van der Waals surface area (Å²) in [5, 5.41) is 0. The van der Waals surface area contributed by atoms with Gasteiger partial charge in [-0.3, -0.25) is 4.98 Å². The molecule has 15 heavy (non-hydrogen) atoms. The molecule has 0 spiro atoms. The van der Waals surface area contributed by atoms with E-state index in [-0.39, 0.29) is 0 Å². The van der Waals surface area contributed by atoms with Crippen molar-refractivity contribution < 1.29 is 0 Å². The molecule has 1 unspecified atom stereocenters. The van der Waals surface area contributed by atoms with Crippen molar-refractivity contribution in [2.75, 3.05) is 6.54 Å². The molecular weight excluding hydrogens is 184 g/mol. The van der Waals surface area contributed by atoms with Crippen LogP contribution in [0.1, 0.15) is 36.7 Å². The lowest BCUT2D eigenvalue weighted by atomic mass is 9.97. The fraction of sp³-hybridized carbons (Fsp3) is 0.615. The van der Waals surface area contributed by atoms with E-state index in [0.29, 0.717) is 0 Å². The molecule has 0 radical (unpaired) electrons. The Kier molecular flexibility index (Phi) is 4.76. The lowest BCUT2D eigenvalue weighted by Gasteiger charge is -2.11. The van der Waals surface area contributed by atoms with Crippen LogP contribution in [-0.2, 0) is 6.42 Å². The van der Waals surface area contributed by atoms with Gasteiger partial charge in [0.25, 0.3) is 0 Å². The molecule has 0 bridgehead atoms. The van der Waals surface area contributed by atoms with Crippen LogP contribution in [0, 0.1) is 19.8 Å². The van der Waals surface area contributed by atoms with Gasteiger partial charge in [-0.1, -0.05) is 13.0 Å². The van der Waals surface area contributed by atoms with Crippen LogP contribution < -0.4 is 5.73 Å². The van der Waals surface area contributed by atoms with Gasteiger partial charge in [-0.25, -0.2) is 0 Å². The molecule has 1 aromatic heterocycles. The van der Waals surface area contributed by atoms with Gasteiger partial charge in [0.2, 0.25) is 0 Å². The van der Waals surface area contributed by atoms with Crippen molar-refractivity contribution in [1.29, 1.82) is 0 Å². The van der Waals surface area contributed by atoms with E-state index < -0.39 is 0 Å². The number of rotatable bonds is 5. The molecule has 0 amide bonds. The molecule has 0 aliphatic rings. The van der Waals surface area contributed by atoms with Crippen LogP contribution in [0.4, 0.5) is 0 Å². The Morgan fingerprint density at radius 2 is 2.00 bits per heavy atom. The first-order valence-corrected chi connectivity index (χ1v) is 5.76. The summed E-state index contributed by atoms with van der Waals surface area (Å²) < 4.78 is 0. The molecule has 0 aliphatic carbocycles. The largest absolute Gasteiger partial charge is 0.330 e. The normalized spacial score (nSPS) is 12.8. The standard InChI is InChI=1S/C13H22N2/c1-10(8-9-14)4-6-13-7-5-11(2)15-12(13)3/h5,7,10H,4,6,8-9,14H2,1-3H3. The van der Waals surface area contributed by atoms with Gasteiger partial charge in [0.05, 0.1) is 0 Å². The maximum absolute atomic E-state index is 5.54. The summed E-state index contributed by atoms with van der Waals surface area (Å²) >= 11 is 0. The second-order valence-electron chi connectivity index (χ2n) is 4.42. The third-order valence-corrected chi connectivity index (χ3v) is 2.90. The number of nitrogens with two attached hydrogens (primary N) is 1. The number of aryl methyl sites for hydroxylation is 3. The molecule has 2 N–H and O–H groups in total. The van der Waals surface area contributed by atoms with Gasteiger partial charge in [0, 0.05) is 11.4 Å². The van der Waals surface area contributed by atoms with Crippen molar-refractivity contribution >= 4 is 0 Å². The number of aromatic nitrogens is 1. The average molecular weight is 206 g/mol. The summed E-state index contributed by atoms with van der Waals surface area (Å²) in [5.74, 6) is 0.718. The molecule has 84 valence electrons. The van der Waals surface area contributed by atoms with Gasteiger partial charge in [-0.2, -0.15) is 0 Å². The summed E-state index contributed by atoms with van der Waals surface area (Å²) in [5.41, 5.74) is 9.19. The van der Waals surface area contributed by atoms with Crippen molar-refractivity contribution in [3.8, 4) is 0 Å². The first-order valence-electron chi connectivity index (χ1n) is 5.76. The topological polar surface area (TPSA) is 38.9 Å². The molecule has 1 atom stereocenters. The number of nitrogens with zero attached hydrogens (tertiary/aromatic N) is 1. The zero-order valence-corrected chi connectivity index (χ0v) is 10.1. The maximum atomic E-state index is 5.54. The van der Waals surface area contributed by atoms with Crippen LogP contribution in [-0.4, -0.2) is 11.5 Å². The van der Waals surface area contributed by atoms with Crippen LogP contribution in [0.2, 0.25) is 0 Å². The first kappa shape index (κ1) is 12.2. The van der Waals surface area contributed by atoms with Crippen LogP contribution in [0.3, 0.4) is 0 Å². The summed E-state index contributed by atoms with van der Waals surface area (Å²) in [6.07, 6.45) is 3.46. The molecule has 2 nitrogen and oxygen atoms in total. The predicted molar refractivity (Wildman–Crippen MR) is 64.9 cm³/mol. The second kappa shape index (κ2) is 5.86. The van der Waals surface area contributed by atoms with Gasteiger partial charge in [-0.15, -0.1) is 0 Å². The monoisotopic (exact) mass is 206 g/mol. The van der Waals surface area contributed by atoms with E-state index in [1.165, 1.54) is 17.7 Å². The van der Waals surface area contributed by atoms with E-state index in [0.717, 1.165) is 31.0 Å². The van der Waals surface area contributed by atoms with Gasteiger partial charge < -0.3 is 5.73 Å². The quantitative estimate of drug-likeness (QED) is 0.804. The van der Waals surface area contributed by atoms with Crippen molar-refractivity contribution in [3.63, 3.8) is 0 Å². The molecule has 0 aromatic carbocycles. The highest BCUT2D eigenvalue weighted by Gasteiger charge is 2.04. The average Bonchev–Trinajstić information content (AvgIpc) is 2.17. The Morgan fingerprint density at radius 1 is 1.27 bits per heavy atom. The van der Waals surface area contributed by atoms with Crippen molar-refractivity contribution in [1.82, 2.24) is 4.98 Å². The van der Waals surface area contributed by atoms with Crippen LogP contribution >= 0.6 is 0 Å². The summed E-state index contributed by atoms with van der Waals surface area (Å²) in [4.78, 5) is 4.47. The summed E-state index contributed by atoms with van der Waals surface area (Å²) in [7, 11) is 0. The Hall–Kier alpha value is -0.890. The lowest BCUT2D eigenvalue weighted by Crippen LogP contribution is -2.07. The minimum atomic E-state index is 0.718. The maximum Gasteiger partial charge on any atom is 0.0407 e. The van der Waals surface area contributed by atoms with Gasteiger partial charge in [-0.05, 0) is 57.2 Å². The van der Waals surface area contributed by atoms with Crippen LogP contribution in [0.5, 0.6) is 0 Å². The van der Waals surface area contributed by atoms with E-state index in [1.807, 2.05) is 6.92 Å². The van der Waals surface area contributed by atoms with E-state index >= 15 is 0 Å². The fourth-order valence-corrected chi connectivity index (χ4v) is 1.81. The van der Waals surface area contributed by atoms with Crippen molar-refractivity contribution in [2.45, 2.75) is 40.0 Å². The SMILES string of the molecule is Cc1ccc(CCC(C)CCN)c(C)n1. The Bertz CT molecular complexity index is 307.